The van der Waals surface area contributed by atoms with Crippen molar-refractivity contribution >= 4 is 21.7 Å². The molecule has 0 unspecified atom stereocenters. The number of hydroxylamine groups is 1. The lowest BCUT2D eigenvalue weighted by Gasteiger charge is -2.39. The van der Waals surface area contributed by atoms with E-state index in [1.807, 2.05) is 0 Å². The highest BCUT2D eigenvalue weighted by molar-refractivity contribution is 7.93. The number of carbonyl (C=O) groups is 2. The van der Waals surface area contributed by atoms with Gasteiger partial charge in [-0.3, -0.25) is 14.9 Å². The fourth-order valence-corrected chi connectivity index (χ4v) is 5.66. The molecule has 2 aromatic rings. The van der Waals surface area contributed by atoms with Crippen molar-refractivity contribution in [3.8, 4) is 17.6 Å². The Kier molecular flexibility index (Phi) is 8.28. The molecule has 0 aliphatic carbocycles. The van der Waals surface area contributed by atoms with Gasteiger partial charge in [0.05, 0.1) is 10.5 Å². The number of nitrogens with one attached hydrogen (secondary N) is 1. The Hall–Kier alpha value is -3.39. The van der Waals surface area contributed by atoms with Gasteiger partial charge in [0.15, 0.2) is 14.6 Å². The Labute approximate surface area is 198 Å². The fourth-order valence-electron chi connectivity index (χ4n) is 3.70. The Bertz CT molecular complexity index is 1160. The molecule has 3 rings (SSSR count). The summed E-state index contributed by atoms with van der Waals surface area (Å²) in [5, 5.41) is 9.32. The number of amides is 1. The standard InChI is InChI=1S/C24H26N2O7S/c1-2-3-17-32-20-9-11-21(12-10-20)34(30,31)24(23(28)25-29)13-15-26(16-14-24)18-33-22(27)19-7-5-4-6-8-19/h4-12,29H,13-18H2,1H3,(H,25,28). The number of rotatable bonds is 8. The number of nitrogens with zero attached hydrogens (tertiary/aromatic N) is 1. The van der Waals surface area contributed by atoms with Crippen LogP contribution < -0.4 is 10.2 Å². The third-order valence-corrected chi connectivity index (χ3v) is 8.22. The highest BCUT2D eigenvalue weighted by atomic mass is 32.2. The van der Waals surface area contributed by atoms with Crippen molar-refractivity contribution in [2.24, 2.45) is 0 Å². The van der Waals surface area contributed by atoms with Crippen LogP contribution in [0.15, 0.2) is 59.5 Å². The van der Waals surface area contributed by atoms with E-state index in [1.165, 1.54) is 29.7 Å². The molecule has 10 heteroatoms. The minimum absolute atomic E-state index is 0.0444. The van der Waals surface area contributed by atoms with Crippen LogP contribution in [0.2, 0.25) is 0 Å². The zero-order chi connectivity index (χ0) is 24.6. The molecule has 34 heavy (non-hydrogen) atoms. The Morgan fingerprint density at radius 3 is 2.32 bits per heavy atom. The average Bonchev–Trinajstić information content (AvgIpc) is 2.88. The molecule has 1 amide bonds. The van der Waals surface area contributed by atoms with Gasteiger partial charge < -0.3 is 9.47 Å². The van der Waals surface area contributed by atoms with Crippen LogP contribution in [0.4, 0.5) is 0 Å². The zero-order valence-electron chi connectivity index (χ0n) is 18.7. The third kappa shape index (κ3) is 5.39. The molecular formula is C24H26N2O7S. The molecule has 1 fully saturated rings. The van der Waals surface area contributed by atoms with Crippen LogP contribution >= 0.6 is 0 Å². The SMILES string of the molecule is CC#CCOc1ccc(S(=O)(=O)C2(C(=O)NO)CCN(COC(=O)c3ccccc3)CC2)cc1. The van der Waals surface area contributed by atoms with E-state index in [-0.39, 0.29) is 44.2 Å². The van der Waals surface area contributed by atoms with Crippen molar-refractivity contribution in [1.82, 2.24) is 10.4 Å². The number of benzene rings is 2. The van der Waals surface area contributed by atoms with Gasteiger partial charge in [0, 0.05) is 13.1 Å². The van der Waals surface area contributed by atoms with Crippen LogP contribution in [-0.2, 0) is 19.4 Å². The smallest absolute Gasteiger partial charge is 0.339 e. The Morgan fingerprint density at radius 2 is 1.74 bits per heavy atom. The summed E-state index contributed by atoms with van der Waals surface area (Å²) in [6, 6.07) is 14.2. The number of hydrogen-bond donors (Lipinski definition) is 2. The summed E-state index contributed by atoms with van der Waals surface area (Å²) in [5.41, 5.74) is 1.93. The van der Waals surface area contributed by atoms with Gasteiger partial charge in [0.1, 0.15) is 19.1 Å². The molecule has 0 radical (unpaired) electrons. The van der Waals surface area contributed by atoms with E-state index in [1.54, 1.807) is 42.2 Å². The molecular weight excluding hydrogens is 460 g/mol. The summed E-state index contributed by atoms with van der Waals surface area (Å²) in [6.07, 6.45) is -0.177. The fraction of sp³-hybridized carbons (Fsp3) is 0.333. The predicted molar refractivity (Wildman–Crippen MR) is 123 cm³/mol. The number of ether oxygens (including phenoxy) is 2. The Morgan fingerprint density at radius 1 is 1.09 bits per heavy atom. The van der Waals surface area contributed by atoms with Crippen molar-refractivity contribution in [2.75, 3.05) is 26.4 Å². The van der Waals surface area contributed by atoms with Gasteiger partial charge in [-0.05, 0) is 56.2 Å². The number of sulfone groups is 1. The summed E-state index contributed by atoms with van der Waals surface area (Å²) in [6.45, 7) is 2.15. The third-order valence-electron chi connectivity index (χ3n) is 5.70. The second-order valence-corrected chi connectivity index (χ2v) is 9.93. The van der Waals surface area contributed by atoms with Gasteiger partial charge in [-0.15, -0.1) is 5.92 Å². The van der Waals surface area contributed by atoms with Crippen molar-refractivity contribution in [1.29, 1.82) is 0 Å². The van der Waals surface area contributed by atoms with Crippen molar-refractivity contribution in [3.63, 3.8) is 0 Å². The normalized spacial score (nSPS) is 15.5. The number of likely N-dealkylation sites (tertiary alicyclic amines) is 1. The van der Waals surface area contributed by atoms with Crippen LogP contribution in [0.1, 0.15) is 30.1 Å². The van der Waals surface area contributed by atoms with Crippen LogP contribution in [0.25, 0.3) is 0 Å². The van der Waals surface area contributed by atoms with Crippen molar-refractivity contribution < 1.29 is 32.7 Å². The largest absolute Gasteiger partial charge is 0.481 e. The van der Waals surface area contributed by atoms with E-state index < -0.39 is 26.5 Å². The molecule has 2 N–H and O–H groups in total. The lowest BCUT2D eigenvalue weighted by molar-refractivity contribution is -0.133. The maximum atomic E-state index is 13.5. The van der Waals surface area contributed by atoms with Gasteiger partial charge in [0.2, 0.25) is 0 Å². The van der Waals surface area contributed by atoms with E-state index in [4.69, 9.17) is 9.47 Å². The van der Waals surface area contributed by atoms with Crippen molar-refractivity contribution in [3.05, 3.63) is 60.2 Å². The molecule has 1 aliphatic heterocycles. The van der Waals surface area contributed by atoms with E-state index in [0.29, 0.717) is 11.3 Å². The van der Waals surface area contributed by atoms with Crippen LogP contribution in [0.3, 0.4) is 0 Å². The summed E-state index contributed by atoms with van der Waals surface area (Å²) in [7, 11) is -4.16. The van der Waals surface area contributed by atoms with Gasteiger partial charge in [-0.2, -0.15) is 0 Å². The molecule has 0 spiro atoms. The summed E-state index contributed by atoms with van der Waals surface area (Å²) in [4.78, 5) is 26.5. The molecule has 2 aromatic carbocycles. The van der Waals surface area contributed by atoms with E-state index in [2.05, 4.69) is 11.8 Å². The number of carbonyl (C=O) groups excluding carboxylic acids is 2. The maximum Gasteiger partial charge on any atom is 0.339 e. The average molecular weight is 487 g/mol. The predicted octanol–water partition coefficient (Wildman–Crippen LogP) is 2.02. The lowest BCUT2D eigenvalue weighted by atomic mass is 9.95. The van der Waals surface area contributed by atoms with E-state index in [0.717, 1.165) is 0 Å². The van der Waals surface area contributed by atoms with Gasteiger partial charge >= 0.3 is 5.97 Å². The number of hydrogen-bond acceptors (Lipinski definition) is 8. The molecule has 1 aliphatic rings. The second kappa shape index (κ2) is 11.2. The molecule has 1 heterocycles. The van der Waals surface area contributed by atoms with Gasteiger partial charge in [0.25, 0.3) is 5.91 Å². The highest BCUT2D eigenvalue weighted by Crippen LogP contribution is 2.36. The zero-order valence-corrected chi connectivity index (χ0v) is 19.5. The van der Waals surface area contributed by atoms with Crippen LogP contribution in [-0.4, -0.2) is 61.6 Å². The number of piperidine rings is 1. The molecule has 0 aromatic heterocycles. The first-order valence-corrected chi connectivity index (χ1v) is 12.1. The minimum atomic E-state index is -4.16. The molecule has 9 nitrogen and oxygen atoms in total. The monoisotopic (exact) mass is 486 g/mol. The second-order valence-electron chi connectivity index (χ2n) is 7.67. The summed E-state index contributed by atoms with van der Waals surface area (Å²) >= 11 is 0. The first-order chi connectivity index (χ1) is 16.3. The molecule has 0 bridgehead atoms. The lowest BCUT2D eigenvalue weighted by Crippen LogP contribution is -2.57. The first-order valence-electron chi connectivity index (χ1n) is 10.6. The first kappa shape index (κ1) is 25.2. The van der Waals surface area contributed by atoms with Crippen molar-refractivity contribution in [2.45, 2.75) is 29.4 Å². The molecule has 1 saturated heterocycles. The van der Waals surface area contributed by atoms with Gasteiger partial charge in [-0.25, -0.2) is 18.7 Å². The summed E-state index contributed by atoms with van der Waals surface area (Å²) in [5.74, 6) is 4.40. The Balaban J connectivity index is 1.70. The quantitative estimate of drug-likeness (QED) is 0.252. The van der Waals surface area contributed by atoms with Crippen LogP contribution in [0, 0.1) is 11.8 Å². The van der Waals surface area contributed by atoms with Gasteiger partial charge in [-0.1, -0.05) is 24.1 Å². The molecule has 0 saturated carbocycles. The minimum Gasteiger partial charge on any atom is -0.481 e. The molecule has 180 valence electrons. The van der Waals surface area contributed by atoms with E-state index >= 15 is 0 Å². The maximum absolute atomic E-state index is 13.5. The molecule has 0 atom stereocenters. The van der Waals surface area contributed by atoms with Crippen LogP contribution in [0.5, 0.6) is 5.75 Å². The number of esters is 1. The topological polar surface area (TPSA) is 122 Å². The van der Waals surface area contributed by atoms with E-state index in [9.17, 15) is 23.2 Å². The summed E-state index contributed by atoms with van der Waals surface area (Å²) < 4.78 is 35.9. The highest BCUT2D eigenvalue weighted by Gasteiger charge is 2.53.